The van der Waals surface area contributed by atoms with Crippen LogP contribution in [-0.4, -0.2) is 26.2 Å². The normalized spacial score (nSPS) is 11.3. The van der Waals surface area contributed by atoms with Crippen molar-refractivity contribution in [3.63, 3.8) is 0 Å². The molecule has 1 amide bonds. The monoisotopic (exact) mass is 435 g/mol. The zero-order valence-corrected chi connectivity index (χ0v) is 15.1. The van der Waals surface area contributed by atoms with Gasteiger partial charge in [-0.25, -0.2) is 4.39 Å². The zero-order chi connectivity index (χ0) is 19.3. The summed E-state index contributed by atoms with van der Waals surface area (Å²) in [5.74, 6) is -1.70. The molecule has 2 rings (SSSR count). The lowest BCUT2D eigenvalue weighted by Gasteiger charge is -2.15. The Hall–Kier alpha value is -2.13. The van der Waals surface area contributed by atoms with Gasteiger partial charge in [-0.3, -0.25) is 4.79 Å². The summed E-state index contributed by atoms with van der Waals surface area (Å²) in [5.41, 5.74) is -1.51. The third-order valence-corrected chi connectivity index (χ3v) is 3.77. The first-order valence-corrected chi connectivity index (χ1v) is 8.11. The largest absolute Gasteiger partial charge is 0.489 e. The summed E-state index contributed by atoms with van der Waals surface area (Å²) in [6.07, 6.45) is -4.61. The Morgan fingerprint density at radius 2 is 1.88 bits per heavy atom. The fraction of sp³-hybridized carbons (Fsp3) is 0.235. The van der Waals surface area contributed by atoms with Gasteiger partial charge < -0.3 is 14.8 Å². The highest BCUT2D eigenvalue weighted by atomic mass is 79.9. The molecule has 0 aliphatic carbocycles. The van der Waals surface area contributed by atoms with Crippen molar-refractivity contribution in [1.29, 1.82) is 0 Å². The van der Waals surface area contributed by atoms with E-state index in [1.165, 1.54) is 19.2 Å². The summed E-state index contributed by atoms with van der Waals surface area (Å²) in [4.78, 5) is 12.3. The van der Waals surface area contributed by atoms with Gasteiger partial charge in [-0.15, -0.1) is 0 Å². The molecule has 0 saturated carbocycles. The van der Waals surface area contributed by atoms with E-state index in [9.17, 15) is 22.4 Å². The number of amides is 1. The number of ether oxygens (including phenoxy) is 2. The van der Waals surface area contributed by atoms with E-state index in [4.69, 9.17) is 9.47 Å². The number of benzene rings is 2. The van der Waals surface area contributed by atoms with E-state index < -0.39 is 23.5 Å². The van der Waals surface area contributed by atoms with E-state index in [-0.39, 0.29) is 30.2 Å². The van der Waals surface area contributed by atoms with E-state index in [0.29, 0.717) is 4.47 Å². The Bertz CT molecular complexity index is 796. The highest BCUT2D eigenvalue weighted by Gasteiger charge is 2.31. The van der Waals surface area contributed by atoms with Crippen LogP contribution in [0.1, 0.15) is 15.9 Å². The van der Waals surface area contributed by atoms with E-state index in [0.717, 1.165) is 24.3 Å². The molecule has 9 heteroatoms. The molecule has 0 fully saturated rings. The molecule has 0 heterocycles. The smallest absolute Gasteiger partial charge is 0.416 e. The van der Waals surface area contributed by atoms with Crippen LogP contribution < -0.4 is 10.1 Å². The predicted octanol–water partition coefficient (Wildman–Crippen LogP) is 4.88. The number of hydrogen-bond donors (Lipinski definition) is 1. The highest BCUT2D eigenvalue weighted by Crippen LogP contribution is 2.35. The number of methoxy groups -OCH3 is 1. The highest BCUT2D eigenvalue weighted by molar-refractivity contribution is 9.10. The number of rotatable bonds is 6. The lowest BCUT2D eigenvalue weighted by molar-refractivity contribution is -0.137. The molecule has 0 bridgehead atoms. The van der Waals surface area contributed by atoms with Crippen LogP contribution in [0.2, 0.25) is 0 Å². The van der Waals surface area contributed by atoms with Crippen molar-refractivity contribution < 1.29 is 31.8 Å². The number of halogens is 5. The summed E-state index contributed by atoms with van der Waals surface area (Å²) in [6, 6.07) is 6.35. The molecule has 0 aliphatic heterocycles. The second-order valence-electron chi connectivity index (χ2n) is 5.13. The lowest BCUT2D eigenvalue weighted by Crippen LogP contribution is -2.16. The Labute approximate surface area is 155 Å². The van der Waals surface area contributed by atoms with Crippen molar-refractivity contribution in [2.75, 3.05) is 25.6 Å². The first kappa shape index (κ1) is 20.2. The van der Waals surface area contributed by atoms with Crippen molar-refractivity contribution in [2.45, 2.75) is 6.18 Å². The maximum atomic E-state index is 13.8. The van der Waals surface area contributed by atoms with Gasteiger partial charge in [0, 0.05) is 11.6 Å². The number of anilines is 1. The standard InChI is InChI=1S/C17H14BrF4NO3/c1-25-6-7-26-15-5-2-10(17(20,21)22)8-14(15)23-16(24)12-9-11(18)3-4-13(12)19/h2-5,8-9H,6-7H2,1H3,(H,23,24). The number of nitrogens with one attached hydrogen (secondary N) is 1. The molecule has 0 unspecified atom stereocenters. The van der Waals surface area contributed by atoms with Gasteiger partial charge in [0.15, 0.2) is 0 Å². The molecule has 0 aliphatic rings. The Balaban J connectivity index is 2.34. The summed E-state index contributed by atoms with van der Waals surface area (Å²) < 4.78 is 63.3. The second-order valence-corrected chi connectivity index (χ2v) is 6.04. The molecule has 1 N–H and O–H groups in total. The van der Waals surface area contributed by atoms with Crippen LogP contribution in [0.3, 0.4) is 0 Å². The van der Waals surface area contributed by atoms with Gasteiger partial charge in [-0.1, -0.05) is 15.9 Å². The topological polar surface area (TPSA) is 47.6 Å². The van der Waals surface area contributed by atoms with Crippen LogP contribution in [0, 0.1) is 5.82 Å². The van der Waals surface area contributed by atoms with Gasteiger partial charge in [-0.2, -0.15) is 13.2 Å². The first-order chi connectivity index (χ1) is 12.2. The number of hydrogen-bond acceptors (Lipinski definition) is 3. The van der Waals surface area contributed by atoms with Crippen molar-refractivity contribution >= 4 is 27.5 Å². The van der Waals surface area contributed by atoms with Gasteiger partial charge in [0.2, 0.25) is 0 Å². The van der Waals surface area contributed by atoms with Gasteiger partial charge in [0.25, 0.3) is 5.91 Å². The average molecular weight is 436 g/mol. The van der Waals surface area contributed by atoms with Crippen LogP contribution in [0.4, 0.5) is 23.2 Å². The minimum Gasteiger partial charge on any atom is -0.489 e. The molecule has 0 saturated heterocycles. The van der Waals surface area contributed by atoms with E-state index in [1.807, 2.05) is 0 Å². The Kier molecular flexibility index (Phi) is 6.60. The van der Waals surface area contributed by atoms with E-state index >= 15 is 0 Å². The fourth-order valence-corrected chi connectivity index (χ4v) is 2.39. The second kappa shape index (κ2) is 8.50. The van der Waals surface area contributed by atoms with Gasteiger partial charge in [0.05, 0.1) is 23.4 Å². The molecule has 0 radical (unpaired) electrons. The lowest BCUT2D eigenvalue weighted by atomic mass is 10.1. The van der Waals surface area contributed by atoms with Crippen LogP contribution in [0.5, 0.6) is 5.75 Å². The summed E-state index contributed by atoms with van der Waals surface area (Å²) in [6.45, 7) is 0.269. The molecular formula is C17H14BrF4NO3. The molecule has 2 aromatic carbocycles. The van der Waals surface area contributed by atoms with Crippen molar-refractivity contribution in [1.82, 2.24) is 0 Å². The number of alkyl halides is 3. The van der Waals surface area contributed by atoms with E-state index in [2.05, 4.69) is 21.2 Å². The quantitative estimate of drug-likeness (QED) is 0.519. The van der Waals surface area contributed by atoms with Crippen LogP contribution in [0.15, 0.2) is 40.9 Å². The molecule has 0 spiro atoms. The van der Waals surface area contributed by atoms with Crippen LogP contribution in [-0.2, 0) is 10.9 Å². The van der Waals surface area contributed by atoms with Crippen molar-refractivity contribution in [2.24, 2.45) is 0 Å². The Morgan fingerprint density at radius 1 is 1.15 bits per heavy atom. The maximum absolute atomic E-state index is 13.8. The minimum atomic E-state index is -4.61. The summed E-state index contributed by atoms with van der Waals surface area (Å²) in [7, 11) is 1.44. The first-order valence-electron chi connectivity index (χ1n) is 7.31. The molecule has 4 nitrogen and oxygen atoms in total. The van der Waals surface area contributed by atoms with Crippen LogP contribution >= 0.6 is 15.9 Å². The van der Waals surface area contributed by atoms with Gasteiger partial charge in [0.1, 0.15) is 18.2 Å². The van der Waals surface area contributed by atoms with Crippen LogP contribution in [0.25, 0.3) is 0 Å². The van der Waals surface area contributed by atoms with Crippen molar-refractivity contribution in [3.8, 4) is 5.75 Å². The molecule has 26 heavy (non-hydrogen) atoms. The summed E-state index contributed by atoms with van der Waals surface area (Å²) in [5, 5.41) is 2.27. The Morgan fingerprint density at radius 3 is 2.54 bits per heavy atom. The molecule has 0 atom stereocenters. The molecule has 140 valence electrons. The molecule has 2 aromatic rings. The van der Waals surface area contributed by atoms with Crippen molar-refractivity contribution in [3.05, 3.63) is 57.8 Å². The van der Waals surface area contributed by atoms with E-state index in [1.54, 1.807) is 0 Å². The SMILES string of the molecule is COCCOc1ccc(C(F)(F)F)cc1NC(=O)c1cc(Br)ccc1F. The minimum absolute atomic E-state index is 0.0128. The van der Waals surface area contributed by atoms with Gasteiger partial charge in [-0.05, 0) is 36.4 Å². The third kappa shape index (κ3) is 5.18. The number of carbonyl (C=O) groups excluding carboxylic acids is 1. The number of carbonyl (C=O) groups is 1. The average Bonchev–Trinajstić information content (AvgIpc) is 2.57. The summed E-state index contributed by atoms with van der Waals surface area (Å²) >= 11 is 3.11. The molecule has 0 aromatic heterocycles. The third-order valence-electron chi connectivity index (χ3n) is 3.27. The fourth-order valence-electron chi connectivity index (χ4n) is 2.03. The molecular weight excluding hydrogens is 422 g/mol. The predicted molar refractivity (Wildman–Crippen MR) is 90.9 cm³/mol. The maximum Gasteiger partial charge on any atom is 0.416 e. The van der Waals surface area contributed by atoms with Gasteiger partial charge >= 0.3 is 6.18 Å². The zero-order valence-electron chi connectivity index (χ0n) is 13.5.